The molecule has 0 N–H and O–H groups in total. The number of aromatic nitrogens is 5. The fourth-order valence-electron chi connectivity index (χ4n) is 3.94. The molecule has 0 saturated heterocycles. The van der Waals surface area contributed by atoms with Crippen LogP contribution in [-0.4, -0.2) is 18.9 Å². The number of hydrogen-bond acceptors (Lipinski definition) is 2. The lowest BCUT2D eigenvalue weighted by molar-refractivity contribution is -0.648. The highest BCUT2D eigenvalue weighted by atomic mass is 15.2. The molecule has 0 aliphatic carbocycles. The Bertz CT molecular complexity index is 1260. The number of hydrogen-bond donors (Lipinski definition) is 0. The van der Waals surface area contributed by atoms with Gasteiger partial charge >= 0.3 is 0 Å². The monoisotopic (exact) mass is 324 g/mol. The number of benzene rings is 1. The molecule has 5 heteroatoms. The fourth-order valence-corrected chi connectivity index (χ4v) is 3.94. The lowest BCUT2D eigenvalue weighted by Gasteiger charge is -2.03. The topological polar surface area (TPSA) is 39.0 Å². The van der Waals surface area contributed by atoms with Crippen molar-refractivity contribution in [3.8, 4) is 17.1 Å². The van der Waals surface area contributed by atoms with Crippen LogP contribution in [-0.2, 0) is 6.54 Å². The molecule has 0 radical (unpaired) electrons. The van der Waals surface area contributed by atoms with Gasteiger partial charge in [-0.15, -0.1) is 0 Å². The molecule has 0 bridgehead atoms. The molecule has 0 unspecified atom stereocenters. The SMILES string of the molecule is c1ccc(-n2c3[n+](c4c2cc2cnccn24)Cc2ncccc2-3)cc1. The van der Waals surface area contributed by atoms with E-state index in [1.807, 2.05) is 36.9 Å². The van der Waals surface area contributed by atoms with Gasteiger partial charge in [0.05, 0.1) is 29.8 Å². The van der Waals surface area contributed by atoms with Gasteiger partial charge in [-0.3, -0.25) is 9.97 Å². The van der Waals surface area contributed by atoms with Gasteiger partial charge in [0.1, 0.15) is 17.7 Å². The molecule has 5 aromatic rings. The molecule has 1 aliphatic heterocycles. The summed E-state index contributed by atoms with van der Waals surface area (Å²) < 4.78 is 6.89. The number of para-hydroxylation sites is 1. The largest absolute Gasteiger partial charge is 0.274 e. The summed E-state index contributed by atoms with van der Waals surface area (Å²) in [6.07, 6.45) is 7.63. The Morgan fingerprint density at radius 1 is 1.00 bits per heavy atom. The van der Waals surface area contributed by atoms with E-state index < -0.39 is 0 Å². The van der Waals surface area contributed by atoms with Crippen LogP contribution >= 0.6 is 0 Å². The summed E-state index contributed by atoms with van der Waals surface area (Å²) in [6.45, 7) is 0.788. The summed E-state index contributed by atoms with van der Waals surface area (Å²) >= 11 is 0. The van der Waals surface area contributed by atoms with Gasteiger partial charge in [0, 0.05) is 12.3 Å². The lowest BCUT2D eigenvalue weighted by atomic mass is 10.2. The average Bonchev–Trinajstić information content (AvgIpc) is 3.29. The van der Waals surface area contributed by atoms with Crippen LogP contribution in [0.25, 0.3) is 33.8 Å². The second kappa shape index (κ2) is 4.54. The second-order valence-electron chi connectivity index (χ2n) is 6.30. The Hall–Kier alpha value is -3.47. The Morgan fingerprint density at radius 3 is 2.84 bits per heavy atom. The first kappa shape index (κ1) is 12.9. The van der Waals surface area contributed by atoms with Crippen LogP contribution < -0.4 is 4.57 Å². The third kappa shape index (κ3) is 1.59. The van der Waals surface area contributed by atoms with E-state index in [2.05, 4.69) is 59.9 Å². The summed E-state index contributed by atoms with van der Waals surface area (Å²) in [5.41, 5.74) is 6.93. The van der Waals surface area contributed by atoms with Crippen molar-refractivity contribution < 1.29 is 4.57 Å². The molecule has 5 heterocycles. The number of imidazole rings is 1. The van der Waals surface area contributed by atoms with Gasteiger partial charge in [-0.05, 0) is 24.3 Å². The summed E-state index contributed by atoms with van der Waals surface area (Å²) in [6, 6.07) is 16.9. The molecule has 0 atom stereocenters. The first-order chi connectivity index (χ1) is 12.4. The zero-order valence-electron chi connectivity index (χ0n) is 13.4. The van der Waals surface area contributed by atoms with Gasteiger partial charge < -0.3 is 0 Å². The molecule has 118 valence electrons. The van der Waals surface area contributed by atoms with Crippen LogP contribution in [0.1, 0.15) is 5.69 Å². The Kier molecular flexibility index (Phi) is 2.34. The summed E-state index contributed by atoms with van der Waals surface area (Å²) in [7, 11) is 0. The van der Waals surface area contributed by atoms with Crippen LogP contribution in [0.3, 0.4) is 0 Å². The minimum atomic E-state index is 0.788. The molecule has 0 amide bonds. The quantitative estimate of drug-likeness (QED) is 0.436. The van der Waals surface area contributed by atoms with E-state index in [4.69, 9.17) is 0 Å². The molecule has 25 heavy (non-hydrogen) atoms. The predicted octanol–water partition coefficient (Wildman–Crippen LogP) is 2.99. The molecule has 6 rings (SSSR count). The molecule has 1 aromatic carbocycles. The van der Waals surface area contributed by atoms with Gasteiger partial charge in [-0.2, -0.15) is 0 Å². The van der Waals surface area contributed by atoms with Crippen LogP contribution in [0.15, 0.2) is 73.3 Å². The van der Waals surface area contributed by atoms with Gasteiger partial charge in [-0.25, -0.2) is 13.5 Å². The number of fused-ring (bicyclic) bond motifs is 7. The minimum absolute atomic E-state index is 0.788. The molecule has 0 spiro atoms. The van der Waals surface area contributed by atoms with Crippen molar-refractivity contribution in [1.29, 1.82) is 0 Å². The van der Waals surface area contributed by atoms with Gasteiger partial charge in [0.2, 0.25) is 5.82 Å². The van der Waals surface area contributed by atoms with E-state index in [0.29, 0.717) is 0 Å². The maximum Gasteiger partial charge on any atom is 0.274 e. The highest BCUT2D eigenvalue weighted by molar-refractivity contribution is 5.84. The van der Waals surface area contributed by atoms with Crippen molar-refractivity contribution in [3.63, 3.8) is 0 Å². The third-order valence-electron chi connectivity index (χ3n) is 4.95. The van der Waals surface area contributed by atoms with Crippen molar-refractivity contribution in [3.05, 3.63) is 79.0 Å². The lowest BCUT2D eigenvalue weighted by Crippen LogP contribution is -2.32. The normalized spacial score (nSPS) is 12.6. The highest BCUT2D eigenvalue weighted by Crippen LogP contribution is 2.33. The van der Waals surface area contributed by atoms with E-state index in [1.165, 1.54) is 22.6 Å². The van der Waals surface area contributed by atoms with Gasteiger partial charge in [0.25, 0.3) is 5.65 Å². The van der Waals surface area contributed by atoms with Crippen molar-refractivity contribution in [1.82, 2.24) is 18.9 Å². The molecule has 0 fully saturated rings. The Labute approximate surface area is 143 Å². The van der Waals surface area contributed by atoms with E-state index in [1.54, 1.807) is 0 Å². The van der Waals surface area contributed by atoms with Gasteiger partial charge in [-0.1, -0.05) is 18.2 Å². The van der Waals surface area contributed by atoms with Crippen LogP contribution in [0, 0.1) is 0 Å². The van der Waals surface area contributed by atoms with E-state index in [-0.39, 0.29) is 0 Å². The van der Waals surface area contributed by atoms with Crippen LogP contribution in [0.2, 0.25) is 0 Å². The van der Waals surface area contributed by atoms with Crippen molar-refractivity contribution in [2.24, 2.45) is 0 Å². The zero-order valence-corrected chi connectivity index (χ0v) is 13.4. The van der Waals surface area contributed by atoms with Crippen molar-refractivity contribution in [2.75, 3.05) is 0 Å². The van der Waals surface area contributed by atoms with Gasteiger partial charge in [0.15, 0.2) is 5.52 Å². The molecule has 0 saturated carbocycles. The standard InChI is InChI=1S/C20H14N5/c1-2-5-14(6-3-1)25-18-11-15-12-21-9-10-23(15)20(18)24-13-17-16(19(24)25)7-4-8-22-17/h1-12H,13H2/q+1. The smallest absolute Gasteiger partial charge is 0.258 e. The molecule has 5 nitrogen and oxygen atoms in total. The maximum absolute atomic E-state index is 4.60. The summed E-state index contributed by atoms with van der Waals surface area (Å²) in [5, 5.41) is 0. The summed E-state index contributed by atoms with van der Waals surface area (Å²) in [5.74, 6) is 1.19. The van der Waals surface area contributed by atoms with E-state index in [9.17, 15) is 0 Å². The molecular formula is C20H14N5+. The maximum atomic E-state index is 4.60. The van der Waals surface area contributed by atoms with E-state index in [0.717, 1.165) is 23.4 Å². The second-order valence-corrected chi connectivity index (χ2v) is 6.30. The summed E-state index contributed by atoms with van der Waals surface area (Å²) in [4.78, 5) is 8.87. The Balaban J connectivity index is 1.83. The number of pyridine rings is 1. The van der Waals surface area contributed by atoms with E-state index >= 15 is 0 Å². The molecular weight excluding hydrogens is 310 g/mol. The molecule has 4 aromatic heterocycles. The number of nitrogens with zero attached hydrogens (tertiary/aromatic N) is 5. The average molecular weight is 324 g/mol. The fraction of sp³-hybridized carbons (Fsp3) is 0.0500. The van der Waals surface area contributed by atoms with Crippen molar-refractivity contribution in [2.45, 2.75) is 6.54 Å². The van der Waals surface area contributed by atoms with Crippen LogP contribution in [0.5, 0.6) is 0 Å². The highest BCUT2D eigenvalue weighted by Gasteiger charge is 2.35. The Morgan fingerprint density at radius 2 is 1.92 bits per heavy atom. The minimum Gasteiger partial charge on any atom is -0.258 e. The predicted molar refractivity (Wildman–Crippen MR) is 94.6 cm³/mol. The first-order valence-corrected chi connectivity index (χ1v) is 8.31. The third-order valence-corrected chi connectivity index (χ3v) is 4.95. The first-order valence-electron chi connectivity index (χ1n) is 8.31. The zero-order chi connectivity index (χ0) is 16.4. The number of rotatable bonds is 1. The molecule has 1 aliphatic rings. The van der Waals surface area contributed by atoms with Crippen LogP contribution in [0.4, 0.5) is 0 Å². The van der Waals surface area contributed by atoms with Crippen molar-refractivity contribution >= 4 is 16.7 Å².